The Labute approximate surface area is 109 Å². The maximum Gasteiger partial charge on any atom is 0.125 e. The van der Waals surface area contributed by atoms with Crippen molar-refractivity contribution in [1.82, 2.24) is 5.32 Å². The van der Waals surface area contributed by atoms with Gasteiger partial charge < -0.3 is 10.2 Å². The van der Waals surface area contributed by atoms with Crippen LogP contribution in [0.3, 0.4) is 0 Å². The fourth-order valence-electron chi connectivity index (χ4n) is 2.75. The summed E-state index contributed by atoms with van der Waals surface area (Å²) in [5.41, 5.74) is 2.04. The first-order valence-corrected chi connectivity index (χ1v) is 6.81. The molecular weight excluding hydrogens is 227 g/mol. The summed E-state index contributed by atoms with van der Waals surface area (Å²) in [6.45, 7) is 6.24. The van der Waals surface area contributed by atoms with Gasteiger partial charge in [0, 0.05) is 24.8 Å². The number of benzene rings is 1. The molecule has 2 atom stereocenters. The van der Waals surface area contributed by atoms with Crippen molar-refractivity contribution in [3.05, 3.63) is 29.6 Å². The molecule has 2 nitrogen and oxygen atoms in total. The maximum atomic E-state index is 13.7. The first-order valence-electron chi connectivity index (χ1n) is 6.81. The number of hydrogen-bond acceptors (Lipinski definition) is 2. The van der Waals surface area contributed by atoms with Gasteiger partial charge in [-0.3, -0.25) is 0 Å². The van der Waals surface area contributed by atoms with E-state index in [2.05, 4.69) is 30.1 Å². The number of nitrogens with zero attached hydrogens (tertiary/aromatic N) is 1. The predicted molar refractivity (Wildman–Crippen MR) is 74.4 cm³/mol. The first-order chi connectivity index (χ1) is 8.60. The van der Waals surface area contributed by atoms with Crippen molar-refractivity contribution < 1.29 is 4.39 Å². The average molecular weight is 250 g/mol. The van der Waals surface area contributed by atoms with E-state index in [4.69, 9.17) is 0 Å². The summed E-state index contributed by atoms with van der Waals surface area (Å²) in [5.74, 6) is 0.556. The van der Waals surface area contributed by atoms with E-state index < -0.39 is 0 Å². The second kappa shape index (κ2) is 5.70. The first kappa shape index (κ1) is 13.3. The second-order valence-corrected chi connectivity index (χ2v) is 5.53. The molecule has 0 saturated carbocycles. The van der Waals surface area contributed by atoms with Crippen molar-refractivity contribution in [2.75, 3.05) is 18.5 Å². The zero-order valence-corrected chi connectivity index (χ0v) is 11.5. The number of halogens is 1. The van der Waals surface area contributed by atoms with Crippen molar-refractivity contribution in [3.8, 4) is 0 Å². The van der Waals surface area contributed by atoms with Gasteiger partial charge in [0.15, 0.2) is 0 Å². The molecule has 2 rings (SSSR count). The van der Waals surface area contributed by atoms with Gasteiger partial charge in [-0.05, 0) is 56.5 Å². The molecule has 1 aliphatic heterocycles. The third kappa shape index (κ3) is 3.02. The normalized spacial score (nSPS) is 24.3. The minimum absolute atomic E-state index is 0.136. The van der Waals surface area contributed by atoms with Crippen molar-refractivity contribution in [1.29, 1.82) is 0 Å². The number of piperidine rings is 1. The molecular formula is C15H23FN2. The molecule has 0 spiro atoms. The van der Waals surface area contributed by atoms with Crippen molar-refractivity contribution in [3.63, 3.8) is 0 Å². The van der Waals surface area contributed by atoms with Crippen LogP contribution in [-0.4, -0.2) is 19.6 Å². The van der Waals surface area contributed by atoms with E-state index >= 15 is 0 Å². The monoisotopic (exact) mass is 250 g/mol. The Bertz CT molecular complexity index is 405. The summed E-state index contributed by atoms with van der Waals surface area (Å²) in [6, 6.07) is 5.88. The Balaban J connectivity index is 2.25. The number of nitrogens with one attached hydrogen (secondary N) is 1. The van der Waals surface area contributed by atoms with Gasteiger partial charge in [0.05, 0.1) is 0 Å². The zero-order valence-electron chi connectivity index (χ0n) is 11.5. The Morgan fingerprint density at radius 2 is 2.06 bits per heavy atom. The molecule has 100 valence electrons. The van der Waals surface area contributed by atoms with Crippen LogP contribution in [0.15, 0.2) is 18.2 Å². The van der Waals surface area contributed by atoms with Crippen LogP contribution in [0.2, 0.25) is 0 Å². The zero-order chi connectivity index (χ0) is 13.1. The number of rotatable bonds is 3. The quantitative estimate of drug-likeness (QED) is 0.886. The molecule has 0 amide bonds. The number of anilines is 1. The largest absolute Gasteiger partial charge is 0.368 e. The van der Waals surface area contributed by atoms with E-state index in [1.165, 1.54) is 12.8 Å². The van der Waals surface area contributed by atoms with Crippen molar-refractivity contribution in [2.45, 2.75) is 39.3 Å². The molecule has 3 heteroatoms. The van der Waals surface area contributed by atoms with Gasteiger partial charge in [0.2, 0.25) is 0 Å². The lowest BCUT2D eigenvalue weighted by atomic mass is 9.94. The van der Waals surface area contributed by atoms with Crippen LogP contribution >= 0.6 is 0 Å². The van der Waals surface area contributed by atoms with Gasteiger partial charge in [0.1, 0.15) is 5.82 Å². The summed E-state index contributed by atoms with van der Waals surface area (Å²) in [5, 5.41) is 3.08. The molecule has 0 radical (unpaired) electrons. The molecule has 0 aromatic heterocycles. The fraction of sp³-hybridized carbons (Fsp3) is 0.600. The second-order valence-electron chi connectivity index (χ2n) is 5.53. The molecule has 1 aliphatic rings. The smallest absolute Gasteiger partial charge is 0.125 e. The van der Waals surface area contributed by atoms with Crippen LogP contribution < -0.4 is 10.2 Å². The minimum Gasteiger partial charge on any atom is -0.368 e. The van der Waals surface area contributed by atoms with Gasteiger partial charge >= 0.3 is 0 Å². The molecule has 1 aromatic rings. The fourth-order valence-corrected chi connectivity index (χ4v) is 2.75. The summed E-state index contributed by atoms with van der Waals surface area (Å²) in [7, 11) is 1.89. The highest BCUT2D eigenvalue weighted by molar-refractivity contribution is 5.50. The molecule has 2 unspecified atom stereocenters. The lowest BCUT2D eigenvalue weighted by molar-refractivity contribution is 0.390. The Hall–Kier alpha value is -1.09. The summed E-state index contributed by atoms with van der Waals surface area (Å²) in [4.78, 5) is 2.34. The number of hydrogen-bond donors (Lipinski definition) is 1. The molecule has 1 saturated heterocycles. The molecule has 0 aliphatic carbocycles. The third-order valence-electron chi connectivity index (χ3n) is 3.77. The van der Waals surface area contributed by atoms with E-state index in [1.54, 1.807) is 12.1 Å². The van der Waals surface area contributed by atoms with E-state index in [0.29, 0.717) is 18.5 Å². The van der Waals surface area contributed by atoms with Crippen molar-refractivity contribution >= 4 is 5.69 Å². The van der Waals surface area contributed by atoms with Crippen LogP contribution in [0, 0.1) is 11.7 Å². The molecule has 1 aromatic carbocycles. The summed E-state index contributed by atoms with van der Waals surface area (Å²) < 4.78 is 13.7. The van der Waals surface area contributed by atoms with Gasteiger partial charge in [0.25, 0.3) is 0 Å². The molecule has 1 N–H and O–H groups in total. The molecule has 1 heterocycles. The summed E-state index contributed by atoms with van der Waals surface area (Å²) >= 11 is 0. The van der Waals surface area contributed by atoms with E-state index in [-0.39, 0.29) is 5.82 Å². The van der Waals surface area contributed by atoms with E-state index in [1.807, 2.05) is 7.05 Å². The highest BCUT2D eigenvalue weighted by Gasteiger charge is 2.23. The topological polar surface area (TPSA) is 15.3 Å². The van der Waals surface area contributed by atoms with Crippen LogP contribution in [0.1, 0.15) is 32.3 Å². The molecule has 18 heavy (non-hydrogen) atoms. The predicted octanol–water partition coefficient (Wildman–Crippen LogP) is 3.17. The van der Waals surface area contributed by atoms with E-state index in [0.717, 1.165) is 17.8 Å². The van der Waals surface area contributed by atoms with Crippen LogP contribution in [-0.2, 0) is 6.54 Å². The SMILES string of the molecule is CNCc1cc(F)cc(N2CC(C)CCC2C)c1. The third-order valence-corrected chi connectivity index (χ3v) is 3.77. The Morgan fingerprint density at radius 1 is 1.28 bits per heavy atom. The maximum absolute atomic E-state index is 13.7. The minimum atomic E-state index is -0.136. The van der Waals surface area contributed by atoms with Crippen molar-refractivity contribution in [2.24, 2.45) is 5.92 Å². The highest BCUT2D eigenvalue weighted by atomic mass is 19.1. The van der Waals surface area contributed by atoms with Gasteiger partial charge in [-0.1, -0.05) is 6.92 Å². The highest BCUT2D eigenvalue weighted by Crippen LogP contribution is 2.28. The molecule has 0 bridgehead atoms. The van der Waals surface area contributed by atoms with Crippen LogP contribution in [0.25, 0.3) is 0 Å². The lowest BCUT2D eigenvalue weighted by Gasteiger charge is -2.38. The van der Waals surface area contributed by atoms with Gasteiger partial charge in [-0.15, -0.1) is 0 Å². The lowest BCUT2D eigenvalue weighted by Crippen LogP contribution is -2.41. The van der Waals surface area contributed by atoms with Crippen LogP contribution in [0.5, 0.6) is 0 Å². The summed E-state index contributed by atoms with van der Waals surface area (Å²) in [6.07, 6.45) is 2.47. The van der Waals surface area contributed by atoms with Gasteiger partial charge in [-0.25, -0.2) is 4.39 Å². The van der Waals surface area contributed by atoms with Gasteiger partial charge in [-0.2, -0.15) is 0 Å². The van der Waals surface area contributed by atoms with E-state index in [9.17, 15) is 4.39 Å². The Morgan fingerprint density at radius 3 is 2.78 bits per heavy atom. The Kier molecular flexibility index (Phi) is 4.23. The standard InChI is InChI=1S/C15H23FN2/c1-11-4-5-12(2)18(10-11)15-7-13(9-17-3)6-14(16)8-15/h6-8,11-12,17H,4-5,9-10H2,1-3H3. The average Bonchev–Trinajstić information content (AvgIpc) is 2.32. The van der Waals surface area contributed by atoms with Crippen LogP contribution in [0.4, 0.5) is 10.1 Å². The molecule has 1 fully saturated rings.